The second-order valence-corrected chi connectivity index (χ2v) is 8.23. The Kier molecular flexibility index (Phi) is 6.14. The van der Waals surface area contributed by atoms with Crippen LogP contribution in [0.3, 0.4) is 0 Å². The van der Waals surface area contributed by atoms with Crippen LogP contribution in [0.1, 0.15) is 58.2 Å². The number of nitrogens with one attached hydrogen (secondary N) is 1. The summed E-state index contributed by atoms with van der Waals surface area (Å²) in [6, 6.07) is 12.5. The molecular weight excluding hydrogens is 369 g/mol. The molecule has 0 atom stereocenters. The van der Waals surface area contributed by atoms with Gasteiger partial charge in [-0.15, -0.1) is 0 Å². The monoisotopic (exact) mass is 391 g/mol. The van der Waals surface area contributed by atoms with Crippen molar-refractivity contribution in [2.45, 2.75) is 32.9 Å². The van der Waals surface area contributed by atoms with Crippen LogP contribution in [0, 0.1) is 0 Å². The van der Waals surface area contributed by atoms with E-state index < -0.39 is 7.82 Å². The smallest absolute Gasteiger partial charge is 0.308 e. The first-order valence-electron chi connectivity index (χ1n) is 8.21. The molecule has 0 saturated heterocycles. The van der Waals surface area contributed by atoms with Crippen LogP contribution in [0.2, 0.25) is 0 Å². The van der Waals surface area contributed by atoms with Crippen molar-refractivity contribution in [3.63, 3.8) is 0 Å². The highest BCUT2D eigenvalue weighted by Crippen LogP contribution is 2.28. The molecule has 7 nitrogen and oxygen atoms in total. The fraction of sp³-hybridized carbons (Fsp3) is 0.263. The van der Waals surface area contributed by atoms with E-state index in [4.69, 9.17) is 19.2 Å². The van der Waals surface area contributed by atoms with E-state index in [9.17, 15) is 9.59 Å². The minimum absolute atomic E-state index is 0.00231. The molecule has 0 fully saturated rings. The van der Waals surface area contributed by atoms with E-state index in [1.807, 2.05) is 12.1 Å². The summed E-state index contributed by atoms with van der Waals surface area (Å²) in [6.45, 7) is 6.95. The minimum Gasteiger partial charge on any atom is -0.308 e. The van der Waals surface area contributed by atoms with E-state index in [2.05, 4.69) is 26.1 Å². The van der Waals surface area contributed by atoms with Crippen LogP contribution in [0.25, 0.3) is 0 Å². The van der Waals surface area contributed by atoms with Crippen LogP contribution in [-0.4, -0.2) is 31.8 Å². The van der Waals surface area contributed by atoms with E-state index in [0.29, 0.717) is 28.8 Å². The Balaban J connectivity index is 0.000000465. The highest BCUT2D eigenvalue weighted by molar-refractivity contribution is 7.45. The van der Waals surface area contributed by atoms with E-state index in [1.54, 1.807) is 30.3 Å². The van der Waals surface area contributed by atoms with Crippen LogP contribution >= 0.6 is 7.82 Å². The fourth-order valence-corrected chi connectivity index (χ4v) is 2.62. The maximum absolute atomic E-state index is 12.6. The Labute approximate surface area is 157 Å². The van der Waals surface area contributed by atoms with E-state index in [1.165, 1.54) is 0 Å². The van der Waals surface area contributed by atoms with Crippen molar-refractivity contribution in [1.29, 1.82) is 0 Å². The van der Waals surface area contributed by atoms with Crippen molar-refractivity contribution in [2.75, 3.05) is 0 Å². The van der Waals surface area contributed by atoms with Crippen molar-refractivity contribution in [3.8, 4) is 0 Å². The number of hydrogen-bond acceptors (Lipinski definition) is 4. The Hall–Kier alpha value is -2.15. The summed E-state index contributed by atoms with van der Waals surface area (Å²) in [4.78, 5) is 46.7. The molecular formula is C19H22NO6P. The van der Waals surface area contributed by atoms with Gasteiger partial charge >= 0.3 is 7.82 Å². The first-order chi connectivity index (χ1) is 12.4. The predicted octanol–water partition coefficient (Wildman–Crippen LogP) is 2.42. The summed E-state index contributed by atoms with van der Waals surface area (Å²) in [7, 11) is -4.64. The van der Waals surface area contributed by atoms with Crippen LogP contribution in [0.15, 0.2) is 42.5 Å². The largest absolute Gasteiger partial charge is 0.466 e. The lowest BCUT2D eigenvalue weighted by Gasteiger charge is -2.22. The summed E-state index contributed by atoms with van der Waals surface area (Å²) >= 11 is 0. The zero-order chi connectivity index (χ0) is 20.4. The van der Waals surface area contributed by atoms with Crippen molar-refractivity contribution < 1.29 is 28.8 Å². The van der Waals surface area contributed by atoms with E-state index in [0.717, 1.165) is 5.56 Å². The van der Waals surface area contributed by atoms with Gasteiger partial charge in [-0.1, -0.05) is 30.3 Å². The maximum Gasteiger partial charge on any atom is 0.466 e. The van der Waals surface area contributed by atoms with Crippen molar-refractivity contribution in [2.24, 2.45) is 0 Å². The highest BCUT2D eigenvalue weighted by Gasteiger charge is 2.29. The van der Waals surface area contributed by atoms with Gasteiger partial charge in [0.15, 0.2) is 11.6 Å². The molecule has 1 aliphatic rings. The first-order valence-corrected chi connectivity index (χ1v) is 9.78. The molecule has 144 valence electrons. The number of phosphoric acid groups is 1. The summed E-state index contributed by atoms with van der Waals surface area (Å²) < 4.78 is 8.88. The topological polar surface area (TPSA) is 124 Å². The molecule has 2 aromatic carbocycles. The lowest BCUT2D eigenvalue weighted by atomic mass is 9.83. The zero-order valence-electron chi connectivity index (χ0n) is 15.3. The third kappa shape index (κ3) is 5.92. The number of benzene rings is 2. The Bertz CT molecular complexity index is 918. The summed E-state index contributed by atoms with van der Waals surface area (Å²) in [5.74, 6) is -0.136. The summed E-state index contributed by atoms with van der Waals surface area (Å²) in [5.41, 5.74) is 3.03. The van der Waals surface area contributed by atoms with Crippen molar-refractivity contribution in [1.82, 2.24) is 5.32 Å². The van der Waals surface area contributed by atoms with E-state index >= 15 is 0 Å². The summed E-state index contributed by atoms with van der Waals surface area (Å²) in [5, 5.41) is 3.39. The molecule has 0 aromatic heterocycles. The van der Waals surface area contributed by atoms with Gasteiger partial charge in [-0.05, 0) is 38.5 Å². The van der Waals surface area contributed by atoms with Gasteiger partial charge in [-0.3, -0.25) is 9.59 Å². The zero-order valence-corrected chi connectivity index (χ0v) is 16.2. The number of rotatable bonds is 2. The molecule has 8 heteroatoms. The molecule has 0 bridgehead atoms. The molecule has 0 aliphatic heterocycles. The molecule has 4 N–H and O–H groups in total. The molecule has 0 saturated carbocycles. The standard InChI is InChI=1S/C19H19NO2.H3O4P/c1-19(2,3)20-11-12-8-9-15-16(10-12)18(22)14-7-5-4-6-13(14)17(15)21;1-5(2,3)4/h4-10,20H,11H2,1-3H3;(H3,1,2,3,4). The Morgan fingerprint density at radius 2 is 1.30 bits per heavy atom. The average molecular weight is 391 g/mol. The van der Waals surface area contributed by atoms with Gasteiger partial charge in [0.25, 0.3) is 0 Å². The number of fused-ring (bicyclic) bond motifs is 2. The lowest BCUT2D eigenvalue weighted by Crippen LogP contribution is -2.35. The van der Waals surface area contributed by atoms with Gasteiger partial charge in [0.05, 0.1) is 0 Å². The minimum atomic E-state index is -4.64. The number of carbonyl (C=O) groups is 2. The summed E-state index contributed by atoms with van der Waals surface area (Å²) in [6.07, 6.45) is 0. The van der Waals surface area contributed by atoms with Crippen LogP contribution in [0.4, 0.5) is 0 Å². The maximum atomic E-state index is 12.6. The molecule has 0 heterocycles. The fourth-order valence-electron chi connectivity index (χ4n) is 2.62. The van der Waals surface area contributed by atoms with Gasteiger partial charge in [0.1, 0.15) is 0 Å². The quantitative estimate of drug-likeness (QED) is 0.495. The van der Waals surface area contributed by atoms with Crippen LogP contribution < -0.4 is 5.32 Å². The number of ketones is 2. The average Bonchev–Trinajstić information content (AvgIpc) is 2.55. The Morgan fingerprint density at radius 3 is 1.78 bits per heavy atom. The van der Waals surface area contributed by atoms with Crippen LogP contribution in [-0.2, 0) is 11.1 Å². The second kappa shape index (κ2) is 7.84. The van der Waals surface area contributed by atoms with Gasteiger partial charge in [-0.2, -0.15) is 0 Å². The third-order valence-electron chi connectivity index (χ3n) is 3.81. The van der Waals surface area contributed by atoms with Gasteiger partial charge < -0.3 is 20.0 Å². The van der Waals surface area contributed by atoms with Gasteiger partial charge in [0.2, 0.25) is 0 Å². The normalized spacial score (nSPS) is 13.4. The van der Waals surface area contributed by atoms with E-state index in [-0.39, 0.29) is 17.1 Å². The molecule has 27 heavy (non-hydrogen) atoms. The lowest BCUT2D eigenvalue weighted by molar-refractivity contribution is 0.0979. The Morgan fingerprint density at radius 1 is 0.852 bits per heavy atom. The van der Waals surface area contributed by atoms with Crippen molar-refractivity contribution >= 4 is 19.4 Å². The third-order valence-corrected chi connectivity index (χ3v) is 3.81. The SMILES string of the molecule is CC(C)(C)NCc1ccc2c(c1)C(=O)c1ccccc1C2=O.O=P(O)(O)O. The van der Waals surface area contributed by atoms with Crippen LogP contribution in [0.5, 0.6) is 0 Å². The predicted molar refractivity (Wildman–Crippen MR) is 101 cm³/mol. The molecule has 0 radical (unpaired) electrons. The molecule has 0 spiro atoms. The van der Waals surface area contributed by atoms with Crippen molar-refractivity contribution in [3.05, 3.63) is 70.3 Å². The first kappa shape index (κ1) is 21.2. The number of hydrogen-bond donors (Lipinski definition) is 4. The van der Waals surface area contributed by atoms with Gasteiger partial charge in [-0.25, -0.2) is 4.57 Å². The molecule has 0 amide bonds. The molecule has 2 aromatic rings. The molecule has 1 aliphatic carbocycles. The van der Waals surface area contributed by atoms with Gasteiger partial charge in [0, 0.05) is 34.3 Å². The number of carbonyl (C=O) groups excluding carboxylic acids is 2. The molecule has 0 unspecified atom stereocenters. The highest BCUT2D eigenvalue weighted by atomic mass is 31.2. The second-order valence-electron chi connectivity index (χ2n) is 7.20. The molecule has 3 rings (SSSR count).